The Balaban J connectivity index is 1.22. The number of amides is 1. The molecule has 1 aliphatic heterocycles. The van der Waals surface area contributed by atoms with Gasteiger partial charge in [-0.1, -0.05) is 18.2 Å². The second-order valence-corrected chi connectivity index (χ2v) is 8.21. The zero-order valence-corrected chi connectivity index (χ0v) is 18.1. The highest BCUT2D eigenvalue weighted by molar-refractivity contribution is 5.84. The van der Waals surface area contributed by atoms with Gasteiger partial charge in [0.2, 0.25) is 5.88 Å². The molecule has 3 N–H and O–H groups in total. The molecule has 1 fully saturated rings. The Morgan fingerprint density at radius 2 is 1.88 bits per heavy atom. The third kappa shape index (κ3) is 5.12. The van der Waals surface area contributed by atoms with Crippen LogP contribution in [0.2, 0.25) is 0 Å². The van der Waals surface area contributed by atoms with E-state index in [1.807, 2.05) is 30.3 Å². The molecule has 0 atom stereocenters. The first kappa shape index (κ1) is 21.0. The van der Waals surface area contributed by atoms with Gasteiger partial charge in [0.1, 0.15) is 11.9 Å². The number of nitrogens with two attached hydrogens (primary N) is 1. The van der Waals surface area contributed by atoms with Crippen LogP contribution in [0.1, 0.15) is 18.4 Å². The second kappa shape index (κ2) is 9.30. The van der Waals surface area contributed by atoms with Crippen molar-refractivity contribution in [2.75, 3.05) is 13.1 Å². The summed E-state index contributed by atoms with van der Waals surface area (Å²) in [7, 11) is 0. The number of rotatable bonds is 6. The van der Waals surface area contributed by atoms with Crippen LogP contribution in [0.5, 0.6) is 11.6 Å². The third-order valence-corrected chi connectivity index (χ3v) is 5.87. The molecule has 4 aromatic rings. The summed E-state index contributed by atoms with van der Waals surface area (Å²) < 4.78 is 11.1. The molecular formula is C25H25N5O3. The highest BCUT2D eigenvalue weighted by Gasteiger charge is 2.21. The molecule has 0 saturated carbocycles. The average Bonchev–Trinajstić information content (AvgIpc) is 3.36. The minimum Gasteiger partial charge on any atom is -0.446 e. The summed E-state index contributed by atoms with van der Waals surface area (Å²) in [5.41, 5.74) is 8.24. The van der Waals surface area contributed by atoms with Crippen LogP contribution in [0.4, 0.5) is 4.79 Å². The Hall–Kier alpha value is -3.91. The van der Waals surface area contributed by atoms with Crippen LogP contribution in [-0.2, 0) is 11.3 Å². The normalized spacial score (nSPS) is 14.9. The van der Waals surface area contributed by atoms with Gasteiger partial charge in [0.05, 0.1) is 5.69 Å². The lowest BCUT2D eigenvalue weighted by molar-refractivity contribution is 0.0541. The molecule has 1 saturated heterocycles. The van der Waals surface area contributed by atoms with Crippen LogP contribution in [0.15, 0.2) is 67.0 Å². The Kier molecular flexibility index (Phi) is 5.91. The highest BCUT2D eigenvalue weighted by Crippen LogP contribution is 2.27. The summed E-state index contributed by atoms with van der Waals surface area (Å²) in [5.74, 6) is 1.28. The fourth-order valence-corrected chi connectivity index (χ4v) is 4.18. The molecule has 0 unspecified atom stereocenters. The Morgan fingerprint density at radius 1 is 1.06 bits per heavy atom. The molecule has 0 spiro atoms. The first-order chi connectivity index (χ1) is 16.1. The maximum Gasteiger partial charge on any atom is 0.404 e. The van der Waals surface area contributed by atoms with Crippen molar-refractivity contribution in [1.82, 2.24) is 20.1 Å². The molecule has 33 heavy (non-hydrogen) atoms. The maximum atomic E-state index is 10.9. The van der Waals surface area contributed by atoms with Crippen LogP contribution in [0.3, 0.4) is 0 Å². The van der Waals surface area contributed by atoms with Gasteiger partial charge in [-0.25, -0.2) is 9.78 Å². The quantitative estimate of drug-likeness (QED) is 0.455. The molecule has 8 heteroatoms. The number of piperidine rings is 1. The second-order valence-electron chi connectivity index (χ2n) is 8.21. The van der Waals surface area contributed by atoms with E-state index in [1.54, 1.807) is 12.4 Å². The number of fused-ring (bicyclic) bond motifs is 1. The van der Waals surface area contributed by atoms with Crippen LogP contribution in [0.25, 0.3) is 22.0 Å². The fraction of sp³-hybridized carbons (Fsp3) is 0.240. The SMILES string of the molecule is NC(=O)OC1CCN(Cc2ccc3cc(Oc4ccc(-c5ccn[nH]5)cn4)ccc3c2)CC1. The fourth-order valence-electron chi connectivity index (χ4n) is 4.18. The van der Waals surface area contributed by atoms with Crippen molar-refractivity contribution < 1.29 is 14.3 Å². The lowest BCUT2D eigenvalue weighted by atomic mass is 10.0. The van der Waals surface area contributed by atoms with Gasteiger partial charge in [-0.05, 0) is 59.5 Å². The minimum atomic E-state index is -0.687. The molecule has 0 bridgehead atoms. The summed E-state index contributed by atoms with van der Waals surface area (Å²) in [4.78, 5) is 17.7. The zero-order valence-electron chi connectivity index (χ0n) is 18.1. The summed E-state index contributed by atoms with van der Waals surface area (Å²) in [6, 6.07) is 18.2. The molecule has 5 rings (SSSR count). The Labute approximate surface area is 191 Å². The van der Waals surface area contributed by atoms with E-state index in [2.05, 4.69) is 44.3 Å². The van der Waals surface area contributed by atoms with Gasteiger partial charge in [0, 0.05) is 43.7 Å². The highest BCUT2D eigenvalue weighted by atomic mass is 16.6. The van der Waals surface area contributed by atoms with Crippen LogP contribution < -0.4 is 10.5 Å². The van der Waals surface area contributed by atoms with Gasteiger partial charge >= 0.3 is 6.09 Å². The first-order valence-electron chi connectivity index (χ1n) is 11.0. The molecular weight excluding hydrogens is 418 g/mol. The lowest BCUT2D eigenvalue weighted by Crippen LogP contribution is -2.38. The van der Waals surface area contributed by atoms with E-state index in [4.69, 9.17) is 15.2 Å². The summed E-state index contributed by atoms with van der Waals surface area (Å²) in [6.45, 7) is 2.63. The first-order valence-corrected chi connectivity index (χ1v) is 11.0. The van der Waals surface area contributed by atoms with Crippen molar-refractivity contribution in [1.29, 1.82) is 0 Å². The number of nitrogens with zero attached hydrogens (tertiary/aromatic N) is 3. The van der Waals surface area contributed by atoms with Gasteiger partial charge in [0.25, 0.3) is 0 Å². The number of likely N-dealkylation sites (tertiary alicyclic amines) is 1. The minimum absolute atomic E-state index is 0.0649. The van der Waals surface area contributed by atoms with Crippen molar-refractivity contribution in [3.05, 3.63) is 72.6 Å². The van der Waals surface area contributed by atoms with E-state index in [1.165, 1.54) is 5.56 Å². The van der Waals surface area contributed by atoms with Crippen LogP contribution >= 0.6 is 0 Å². The molecule has 2 aromatic carbocycles. The van der Waals surface area contributed by atoms with E-state index in [9.17, 15) is 4.79 Å². The molecule has 1 aliphatic rings. The number of carbonyl (C=O) groups excluding carboxylic acids is 1. The number of aromatic amines is 1. The van der Waals surface area contributed by atoms with E-state index in [-0.39, 0.29) is 6.10 Å². The molecule has 2 aromatic heterocycles. The largest absolute Gasteiger partial charge is 0.446 e. The van der Waals surface area contributed by atoms with Crippen molar-refractivity contribution in [3.63, 3.8) is 0 Å². The van der Waals surface area contributed by atoms with Gasteiger partial charge in [-0.3, -0.25) is 10.00 Å². The van der Waals surface area contributed by atoms with Crippen LogP contribution in [0, 0.1) is 0 Å². The average molecular weight is 444 g/mol. The van der Waals surface area contributed by atoms with Crippen molar-refractivity contribution in [2.24, 2.45) is 5.73 Å². The maximum absolute atomic E-state index is 10.9. The van der Waals surface area contributed by atoms with Crippen molar-refractivity contribution in [3.8, 4) is 22.9 Å². The summed E-state index contributed by atoms with van der Waals surface area (Å²) >= 11 is 0. The third-order valence-electron chi connectivity index (χ3n) is 5.87. The number of H-pyrrole nitrogens is 1. The molecule has 168 valence electrons. The van der Waals surface area contributed by atoms with Gasteiger partial charge in [0.15, 0.2) is 0 Å². The standard InChI is InChI=1S/C25H25N5O3/c26-25(31)33-21-8-11-30(12-9-21)16-17-1-2-19-14-22(5-3-18(19)13-17)32-24-6-4-20(15-27-24)23-7-10-28-29-23/h1-7,10,13-15,21H,8-9,11-12,16H2,(H2,26,31)(H,28,29). The Bertz CT molecular complexity index is 1230. The van der Waals surface area contributed by atoms with Crippen molar-refractivity contribution >= 4 is 16.9 Å². The number of carbonyl (C=O) groups is 1. The topological polar surface area (TPSA) is 106 Å². The molecule has 0 aliphatic carbocycles. The number of hydrogen-bond acceptors (Lipinski definition) is 6. The smallest absolute Gasteiger partial charge is 0.404 e. The summed E-state index contributed by atoms with van der Waals surface area (Å²) in [6.07, 6.45) is 4.35. The lowest BCUT2D eigenvalue weighted by Gasteiger charge is -2.31. The predicted octanol–water partition coefficient (Wildman–Crippen LogP) is 4.48. The van der Waals surface area contributed by atoms with Crippen LogP contribution in [-0.4, -0.2) is 45.4 Å². The molecule has 0 radical (unpaired) electrons. The Morgan fingerprint density at radius 3 is 2.61 bits per heavy atom. The van der Waals surface area contributed by atoms with Gasteiger partial charge in [-0.2, -0.15) is 5.10 Å². The number of pyridine rings is 1. The van der Waals surface area contributed by atoms with Gasteiger partial charge in [-0.15, -0.1) is 0 Å². The number of ether oxygens (including phenoxy) is 2. The van der Waals surface area contributed by atoms with E-state index in [0.29, 0.717) is 5.88 Å². The molecule has 3 heterocycles. The van der Waals surface area contributed by atoms with E-state index in [0.717, 1.165) is 60.3 Å². The monoisotopic (exact) mass is 443 g/mol. The number of benzene rings is 2. The molecule has 1 amide bonds. The summed E-state index contributed by atoms with van der Waals surface area (Å²) in [5, 5.41) is 9.16. The number of primary amides is 1. The molecule has 8 nitrogen and oxygen atoms in total. The predicted molar refractivity (Wildman–Crippen MR) is 125 cm³/mol. The zero-order chi connectivity index (χ0) is 22.6. The van der Waals surface area contributed by atoms with E-state index >= 15 is 0 Å². The van der Waals surface area contributed by atoms with Crippen molar-refractivity contribution in [2.45, 2.75) is 25.5 Å². The van der Waals surface area contributed by atoms with E-state index < -0.39 is 6.09 Å². The number of aromatic nitrogens is 3. The van der Waals surface area contributed by atoms with Gasteiger partial charge < -0.3 is 15.2 Å². The number of hydrogen-bond donors (Lipinski definition) is 2. The number of nitrogens with one attached hydrogen (secondary N) is 1.